The Hall–Kier alpha value is -1.16. The number of para-hydroxylation sites is 2. The summed E-state index contributed by atoms with van der Waals surface area (Å²) in [6, 6.07) is 7.49. The Balaban J connectivity index is 2.05. The van der Waals surface area contributed by atoms with Gasteiger partial charge in [-0.15, -0.1) is 0 Å². The van der Waals surface area contributed by atoms with Crippen LogP contribution in [0.1, 0.15) is 6.42 Å². The first kappa shape index (κ1) is 11.3. The number of amides is 1. The zero-order valence-corrected chi connectivity index (χ0v) is 10.0. The predicted molar refractivity (Wildman–Crippen MR) is 67.1 cm³/mol. The van der Waals surface area contributed by atoms with Crippen molar-refractivity contribution < 1.29 is 9.53 Å². The second kappa shape index (κ2) is 5.25. The number of rotatable bonds is 3. The van der Waals surface area contributed by atoms with Gasteiger partial charge in [-0.25, -0.2) is 0 Å². The summed E-state index contributed by atoms with van der Waals surface area (Å²) in [6.07, 6.45) is 0.978. The van der Waals surface area contributed by atoms with Gasteiger partial charge in [-0.2, -0.15) is 11.8 Å². The van der Waals surface area contributed by atoms with Gasteiger partial charge >= 0.3 is 0 Å². The van der Waals surface area contributed by atoms with Crippen molar-refractivity contribution in [3.05, 3.63) is 24.3 Å². The van der Waals surface area contributed by atoms with Gasteiger partial charge in [0.15, 0.2) is 0 Å². The molecule has 1 fully saturated rings. The number of hydrogen-bond donors (Lipinski definition) is 1. The van der Waals surface area contributed by atoms with E-state index in [9.17, 15) is 4.79 Å². The lowest BCUT2D eigenvalue weighted by atomic mass is 10.1. The lowest BCUT2D eigenvalue weighted by Crippen LogP contribution is -2.22. The molecule has 0 aliphatic carbocycles. The van der Waals surface area contributed by atoms with Crippen LogP contribution >= 0.6 is 11.8 Å². The Kier molecular flexibility index (Phi) is 3.72. The van der Waals surface area contributed by atoms with E-state index in [1.165, 1.54) is 0 Å². The van der Waals surface area contributed by atoms with Gasteiger partial charge in [0.2, 0.25) is 5.91 Å². The van der Waals surface area contributed by atoms with E-state index >= 15 is 0 Å². The van der Waals surface area contributed by atoms with Gasteiger partial charge in [0.05, 0.1) is 12.8 Å². The Labute approximate surface area is 99.6 Å². The maximum absolute atomic E-state index is 11.9. The molecule has 0 saturated carbocycles. The molecule has 1 atom stereocenters. The van der Waals surface area contributed by atoms with Crippen molar-refractivity contribution in [3.8, 4) is 5.75 Å². The molecule has 86 valence electrons. The van der Waals surface area contributed by atoms with Gasteiger partial charge in [0, 0.05) is 11.7 Å². The van der Waals surface area contributed by atoms with Crippen LogP contribution in [-0.4, -0.2) is 24.5 Å². The van der Waals surface area contributed by atoms with Crippen LogP contribution < -0.4 is 10.1 Å². The summed E-state index contributed by atoms with van der Waals surface area (Å²) in [6.45, 7) is 0. The molecule has 2 rings (SSSR count). The van der Waals surface area contributed by atoms with Gasteiger partial charge < -0.3 is 10.1 Å². The molecule has 16 heavy (non-hydrogen) atoms. The third-order valence-corrected chi connectivity index (χ3v) is 3.83. The normalized spacial score (nSPS) is 19.4. The highest BCUT2D eigenvalue weighted by molar-refractivity contribution is 7.99. The second-order valence-electron chi connectivity index (χ2n) is 3.75. The van der Waals surface area contributed by atoms with E-state index in [1.54, 1.807) is 7.11 Å². The Bertz CT molecular complexity index is 375. The summed E-state index contributed by atoms with van der Waals surface area (Å²) >= 11 is 1.84. The van der Waals surface area contributed by atoms with Crippen molar-refractivity contribution in [2.75, 3.05) is 23.9 Å². The lowest BCUT2D eigenvalue weighted by Gasteiger charge is -2.12. The molecule has 1 aliphatic rings. The third kappa shape index (κ3) is 2.50. The predicted octanol–water partition coefficient (Wildman–Crippen LogP) is 2.39. The highest BCUT2D eigenvalue weighted by Gasteiger charge is 2.23. The van der Waals surface area contributed by atoms with Gasteiger partial charge in [-0.3, -0.25) is 4.79 Å². The fraction of sp³-hybridized carbons (Fsp3) is 0.417. The molecule has 1 aromatic carbocycles. The number of methoxy groups -OCH3 is 1. The monoisotopic (exact) mass is 237 g/mol. The number of nitrogens with one attached hydrogen (secondary N) is 1. The Morgan fingerprint density at radius 2 is 2.31 bits per heavy atom. The second-order valence-corrected chi connectivity index (χ2v) is 4.90. The van der Waals surface area contributed by atoms with Gasteiger partial charge in [0.1, 0.15) is 5.75 Å². The average Bonchev–Trinajstić information content (AvgIpc) is 2.83. The molecule has 1 aromatic rings. The maximum atomic E-state index is 11.9. The fourth-order valence-electron chi connectivity index (χ4n) is 1.72. The molecule has 0 spiro atoms. The number of benzene rings is 1. The standard InChI is InChI=1S/C12H15NO2S/c1-15-11-5-3-2-4-10(11)13-12(14)9-6-7-16-8-9/h2-5,9H,6-8H2,1H3,(H,13,14). The molecule has 0 bridgehead atoms. The fourth-order valence-corrected chi connectivity index (χ4v) is 2.94. The van der Waals surface area contributed by atoms with E-state index in [0.717, 1.165) is 23.6 Å². The van der Waals surface area contributed by atoms with Gasteiger partial charge in [0.25, 0.3) is 0 Å². The minimum atomic E-state index is 0.106. The molecule has 0 radical (unpaired) electrons. The average molecular weight is 237 g/mol. The zero-order valence-electron chi connectivity index (χ0n) is 9.23. The van der Waals surface area contributed by atoms with Crippen LogP contribution in [0.15, 0.2) is 24.3 Å². The highest BCUT2D eigenvalue weighted by Crippen LogP contribution is 2.27. The smallest absolute Gasteiger partial charge is 0.228 e. The summed E-state index contributed by atoms with van der Waals surface area (Å²) in [5.41, 5.74) is 0.756. The minimum Gasteiger partial charge on any atom is -0.495 e. The number of anilines is 1. The minimum absolute atomic E-state index is 0.106. The van der Waals surface area contributed by atoms with Crippen LogP contribution in [0.5, 0.6) is 5.75 Å². The lowest BCUT2D eigenvalue weighted by molar-refractivity contribution is -0.119. The van der Waals surface area contributed by atoms with Crippen LogP contribution in [0.3, 0.4) is 0 Å². The molecule has 1 amide bonds. The molecular weight excluding hydrogens is 222 g/mol. The Morgan fingerprint density at radius 3 is 3.00 bits per heavy atom. The van der Waals surface area contributed by atoms with E-state index in [1.807, 2.05) is 36.0 Å². The van der Waals surface area contributed by atoms with Crippen molar-refractivity contribution in [2.24, 2.45) is 5.92 Å². The summed E-state index contributed by atoms with van der Waals surface area (Å²) in [4.78, 5) is 11.9. The number of ether oxygens (including phenoxy) is 1. The molecule has 1 aliphatic heterocycles. The summed E-state index contributed by atoms with van der Waals surface area (Å²) in [7, 11) is 1.61. The maximum Gasteiger partial charge on any atom is 0.228 e. The molecule has 1 unspecified atom stereocenters. The van der Waals surface area contributed by atoms with Crippen molar-refractivity contribution in [1.29, 1.82) is 0 Å². The Morgan fingerprint density at radius 1 is 1.50 bits per heavy atom. The van der Waals surface area contributed by atoms with Crippen LogP contribution in [0.2, 0.25) is 0 Å². The number of carbonyl (C=O) groups is 1. The van der Waals surface area contributed by atoms with Crippen LogP contribution in [-0.2, 0) is 4.79 Å². The van der Waals surface area contributed by atoms with E-state index in [4.69, 9.17) is 4.74 Å². The first-order valence-electron chi connectivity index (χ1n) is 5.33. The molecule has 1 saturated heterocycles. The topological polar surface area (TPSA) is 38.3 Å². The van der Waals surface area contributed by atoms with Crippen molar-refractivity contribution >= 4 is 23.4 Å². The van der Waals surface area contributed by atoms with Crippen LogP contribution in [0.4, 0.5) is 5.69 Å². The number of carbonyl (C=O) groups excluding carboxylic acids is 1. The summed E-state index contributed by atoms with van der Waals surface area (Å²) in [5, 5.41) is 2.93. The molecule has 4 heteroatoms. The number of thioether (sulfide) groups is 1. The van der Waals surface area contributed by atoms with Crippen molar-refractivity contribution in [2.45, 2.75) is 6.42 Å². The largest absolute Gasteiger partial charge is 0.495 e. The zero-order chi connectivity index (χ0) is 11.4. The van der Waals surface area contributed by atoms with Gasteiger partial charge in [-0.05, 0) is 24.3 Å². The van der Waals surface area contributed by atoms with E-state index in [0.29, 0.717) is 5.75 Å². The van der Waals surface area contributed by atoms with E-state index in [-0.39, 0.29) is 11.8 Å². The van der Waals surface area contributed by atoms with E-state index in [2.05, 4.69) is 5.32 Å². The first-order chi connectivity index (χ1) is 7.81. The molecule has 1 N–H and O–H groups in total. The van der Waals surface area contributed by atoms with E-state index < -0.39 is 0 Å². The van der Waals surface area contributed by atoms with Crippen molar-refractivity contribution in [1.82, 2.24) is 0 Å². The van der Waals surface area contributed by atoms with Gasteiger partial charge in [-0.1, -0.05) is 12.1 Å². The summed E-state index contributed by atoms with van der Waals surface area (Å²) in [5.74, 6) is 2.98. The molecule has 1 heterocycles. The number of hydrogen-bond acceptors (Lipinski definition) is 3. The third-order valence-electron chi connectivity index (χ3n) is 2.67. The summed E-state index contributed by atoms with van der Waals surface area (Å²) < 4.78 is 5.19. The highest BCUT2D eigenvalue weighted by atomic mass is 32.2. The molecular formula is C12H15NO2S. The van der Waals surface area contributed by atoms with Crippen molar-refractivity contribution in [3.63, 3.8) is 0 Å². The SMILES string of the molecule is COc1ccccc1NC(=O)C1CCSC1. The molecule has 3 nitrogen and oxygen atoms in total. The van der Waals surface area contributed by atoms with Crippen LogP contribution in [0, 0.1) is 5.92 Å². The van der Waals surface area contributed by atoms with Crippen LogP contribution in [0.25, 0.3) is 0 Å². The quantitative estimate of drug-likeness (QED) is 0.877. The first-order valence-corrected chi connectivity index (χ1v) is 6.48. The molecule has 0 aromatic heterocycles.